The highest BCUT2D eigenvalue weighted by atomic mass is 16.5. The molecule has 0 saturated heterocycles. The number of ether oxygens (including phenoxy) is 2. The van der Waals surface area contributed by atoms with E-state index in [0.29, 0.717) is 31.2 Å². The van der Waals surface area contributed by atoms with Gasteiger partial charge in [-0.3, -0.25) is 4.79 Å². The molecule has 5 heteroatoms. The third-order valence-electron chi connectivity index (χ3n) is 3.07. The van der Waals surface area contributed by atoms with Gasteiger partial charge >= 0.3 is 0 Å². The van der Waals surface area contributed by atoms with Gasteiger partial charge in [0, 0.05) is 12.7 Å². The smallest absolute Gasteiger partial charge is 0.256 e. The van der Waals surface area contributed by atoms with Crippen molar-refractivity contribution in [2.24, 2.45) is 0 Å². The lowest BCUT2D eigenvalue weighted by Gasteiger charge is -2.26. The van der Waals surface area contributed by atoms with Crippen LogP contribution in [0.1, 0.15) is 40.5 Å². The molecule has 1 unspecified atom stereocenters. The molecule has 0 fully saturated rings. The number of hydrogen-bond donors (Lipinski definition) is 1. The Bertz CT molecular complexity index is 420. The summed E-state index contributed by atoms with van der Waals surface area (Å²) >= 11 is 0. The minimum Gasteiger partial charge on any atom is -0.478 e. The Labute approximate surface area is 120 Å². The van der Waals surface area contributed by atoms with E-state index in [-0.39, 0.29) is 5.91 Å². The molecular weight excluding hydrogens is 256 g/mol. The normalized spacial score (nSPS) is 13.6. The lowest BCUT2D eigenvalue weighted by Crippen LogP contribution is -2.42. The minimum absolute atomic E-state index is 0.161. The second kappa shape index (κ2) is 7.85. The molecule has 1 heterocycles. The molecule has 5 nitrogen and oxygen atoms in total. The molecule has 1 rings (SSSR count). The van der Waals surface area contributed by atoms with E-state index >= 15 is 0 Å². The Morgan fingerprint density at radius 2 is 2.10 bits per heavy atom. The molecule has 1 atom stereocenters. The summed E-state index contributed by atoms with van der Waals surface area (Å²) in [6.45, 7) is 8.76. The van der Waals surface area contributed by atoms with Crippen LogP contribution in [0, 0.1) is 0 Å². The van der Waals surface area contributed by atoms with Crippen LogP contribution in [0.5, 0.6) is 5.88 Å². The standard InChI is InChI=1S/C15H24N2O3/c1-5-10-19-13-9-8-12(11-16-13)17-14(18)15(4,6-2)20-7-3/h8-9,11H,5-7,10H2,1-4H3,(H,17,18). The second-order valence-electron chi connectivity index (χ2n) is 4.71. The van der Waals surface area contributed by atoms with E-state index in [1.54, 1.807) is 25.3 Å². The lowest BCUT2D eigenvalue weighted by atomic mass is 10.0. The Morgan fingerprint density at radius 1 is 1.35 bits per heavy atom. The van der Waals surface area contributed by atoms with E-state index in [2.05, 4.69) is 10.3 Å². The monoisotopic (exact) mass is 280 g/mol. The number of anilines is 1. The molecule has 1 aromatic rings. The number of carbonyl (C=O) groups excluding carboxylic acids is 1. The van der Waals surface area contributed by atoms with Crippen molar-refractivity contribution in [2.45, 2.75) is 46.1 Å². The quantitative estimate of drug-likeness (QED) is 0.795. The van der Waals surface area contributed by atoms with Crippen molar-refractivity contribution in [2.75, 3.05) is 18.5 Å². The highest BCUT2D eigenvalue weighted by Gasteiger charge is 2.31. The number of rotatable bonds is 8. The Morgan fingerprint density at radius 3 is 2.60 bits per heavy atom. The topological polar surface area (TPSA) is 60.5 Å². The van der Waals surface area contributed by atoms with Crippen molar-refractivity contribution in [1.82, 2.24) is 4.98 Å². The third kappa shape index (κ3) is 4.49. The van der Waals surface area contributed by atoms with Crippen LogP contribution in [-0.2, 0) is 9.53 Å². The van der Waals surface area contributed by atoms with Gasteiger partial charge in [-0.2, -0.15) is 0 Å². The van der Waals surface area contributed by atoms with E-state index in [0.717, 1.165) is 6.42 Å². The zero-order valence-corrected chi connectivity index (χ0v) is 12.7. The van der Waals surface area contributed by atoms with Crippen LogP contribution in [0.4, 0.5) is 5.69 Å². The molecule has 20 heavy (non-hydrogen) atoms. The first-order valence-electron chi connectivity index (χ1n) is 7.10. The van der Waals surface area contributed by atoms with Crippen LogP contribution in [0.15, 0.2) is 18.3 Å². The minimum atomic E-state index is -0.813. The van der Waals surface area contributed by atoms with Crippen molar-refractivity contribution in [1.29, 1.82) is 0 Å². The maximum atomic E-state index is 12.2. The SMILES string of the molecule is CCCOc1ccc(NC(=O)C(C)(CC)OCC)cn1. The zero-order valence-electron chi connectivity index (χ0n) is 12.7. The number of nitrogens with one attached hydrogen (secondary N) is 1. The molecule has 1 aromatic heterocycles. The van der Waals surface area contributed by atoms with Gasteiger partial charge in [0.15, 0.2) is 0 Å². The Hall–Kier alpha value is -1.62. The number of pyridine rings is 1. The van der Waals surface area contributed by atoms with Crippen molar-refractivity contribution in [3.05, 3.63) is 18.3 Å². The summed E-state index contributed by atoms with van der Waals surface area (Å²) in [6, 6.07) is 3.52. The third-order valence-corrected chi connectivity index (χ3v) is 3.07. The van der Waals surface area contributed by atoms with Gasteiger partial charge in [-0.25, -0.2) is 4.98 Å². The zero-order chi connectivity index (χ0) is 15.0. The largest absolute Gasteiger partial charge is 0.478 e. The number of amides is 1. The fourth-order valence-corrected chi connectivity index (χ4v) is 1.66. The fourth-order valence-electron chi connectivity index (χ4n) is 1.66. The first-order valence-corrected chi connectivity index (χ1v) is 7.10. The van der Waals surface area contributed by atoms with Crippen LogP contribution >= 0.6 is 0 Å². The fraction of sp³-hybridized carbons (Fsp3) is 0.600. The molecule has 0 aliphatic heterocycles. The number of aromatic nitrogens is 1. The van der Waals surface area contributed by atoms with E-state index in [1.807, 2.05) is 20.8 Å². The average molecular weight is 280 g/mol. The summed E-state index contributed by atoms with van der Waals surface area (Å²) in [4.78, 5) is 16.4. The van der Waals surface area contributed by atoms with E-state index < -0.39 is 5.60 Å². The van der Waals surface area contributed by atoms with Gasteiger partial charge in [-0.15, -0.1) is 0 Å². The maximum Gasteiger partial charge on any atom is 0.256 e. The highest BCUT2D eigenvalue weighted by Crippen LogP contribution is 2.19. The van der Waals surface area contributed by atoms with E-state index in [9.17, 15) is 4.79 Å². The lowest BCUT2D eigenvalue weighted by molar-refractivity contribution is -0.139. The maximum absolute atomic E-state index is 12.2. The van der Waals surface area contributed by atoms with E-state index in [1.165, 1.54) is 0 Å². The Kier molecular flexibility index (Phi) is 6.45. The first kappa shape index (κ1) is 16.4. The van der Waals surface area contributed by atoms with Crippen LogP contribution in [0.3, 0.4) is 0 Å². The van der Waals surface area contributed by atoms with Crippen LogP contribution in [0.2, 0.25) is 0 Å². The van der Waals surface area contributed by atoms with Gasteiger partial charge in [0.05, 0.1) is 18.5 Å². The van der Waals surface area contributed by atoms with Crippen molar-refractivity contribution in [3.8, 4) is 5.88 Å². The van der Waals surface area contributed by atoms with Crippen molar-refractivity contribution in [3.63, 3.8) is 0 Å². The molecular formula is C15H24N2O3. The van der Waals surface area contributed by atoms with Crippen molar-refractivity contribution < 1.29 is 14.3 Å². The molecule has 1 N–H and O–H groups in total. The summed E-state index contributed by atoms with van der Waals surface area (Å²) in [6.07, 6.45) is 3.13. The van der Waals surface area contributed by atoms with Gasteiger partial charge < -0.3 is 14.8 Å². The van der Waals surface area contributed by atoms with Crippen LogP contribution in [0.25, 0.3) is 0 Å². The van der Waals surface area contributed by atoms with Crippen molar-refractivity contribution >= 4 is 11.6 Å². The molecule has 1 amide bonds. The molecule has 0 spiro atoms. The van der Waals surface area contributed by atoms with Gasteiger partial charge in [-0.05, 0) is 32.8 Å². The number of nitrogens with zero attached hydrogens (tertiary/aromatic N) is 1. The number of carbonyl (C=O) groups is 1. The summed E-state index contributed by atoms with van der Waals surface area (Å²) in [5.41, 5.74) is -0.176. The molecule has 112 valence electrons. The summed E-state index contributed by atoms with van der Waals surface area (Å²) in [5, 5.41) is 2.82. The summed E-state index contributed by atoms with van der Waals surface area (Å²) < 4.78 is 10.9. The molecule has 0 bridgehead atoms. The molecule has 0 radical (unpaired) electrons. The average Bonchev–Trinajstić information content (AvgIpc) is 2.46. The molecule has 0 aliphatic rings. The molecule has 0 saturated carbocycles. The predicted molar refractivity (Wildman–Crippen MR) is 79.0 cm³/mol. The van der Waals surface area contributed by atoms with Crippen LogP contribution < -0.4 is 10.1 Å². The van der Waals surface area contributed by atoms with Gasteiger partial charge in [0.1, 0.15) is 5.60 Å². The number of hydrogen-bond acceptors (Lipinski definition) is 4. The van der Waals surface area contributed by atoms with E-state index in [4.69, 9.17) is 9.47 Å². The van der Waals surface area contributed by atoms with Gasteiger partial charge in [0.25, 0.3) is 5.91 Å². The highest BCUT2D eigenvalue weighted by molar-refractivity contribution is 5.96. The van der Waals surface area contributed by atoms with Gasteiger partial charge in [-0.1, -0.05) is 13.8 Å². The Balaban J connectivity index is 2.65. The summed E-state index contributed by atoms with van der Waals surface area (Å²) in [7, 11) is 0. The molecule has 0 aromatic carbocycles. The van der Waals surface area contributed by atoms with Crippen LogP contribution in [-0.4, -0.2) is 29.7 Å². The second-order valence-corrected chi connectivity index (χ2v) is 4.71. The predicted octanol–water partition coefficient (Wildman–Crippen LogP) is 3.01. The molecule has 0 aliphatic carbocycles. The first-order chi connectivity index (χ1) is 9.55. The van der Waals surface area contributed by atoms with Gasteiger partial charge in [0.2, 0.25) is 5.88 Å². The summed E-state index contributed by atoms with van der Waals surface area (Å²) in [5.74, 6) is 0.402.